The maximum absolute atomic E-state index is 2.49. The van der Waals surface area contributed by atoms with Gasteiger partial charge in [-0.25, -0.2) is 0 Å². The predicted molar refractivity (Wildman–Crippen MR) is 243 cm³/mol. The van der Waals surface area contributed by atoms with Crippen molar-refractivity contribution in [1.29, 1.82) is 0 Å². The highest BCUT2D eigenvalue weighted by atomic mass is 32.1. The van der Waals surface area contributed by atoms with Crippen molar-refractivity contribution in [1.82, 2.24) is 0 Å². The van der Waals surface area contributed by atoms with Gasteiger partial charge in [-0.1, -0.05) is 166 Å². The molecule has 0 fully saturated rings. The van der Waals surface area contributed by atoms with Crippen LogP contribution in [0.25, 0.3) is 108 Å². The molecule has 0 radical (unpaired) electrons. The molecule has 0 saturated heterocycles. The van der Waals surface area contributed by atoms with Gasteiger partial charge in [-0.2, -0.15) is 0 Å². The molecule has 0 amide bonds. The van der Waals surface area contributed by atoms with E-state index in [0.717, 1.165) is 0 Å². The van der Waals surface area contributed by atoms with E-state index in [4.69, 9.17) is 0 Å². The highest BCUT2D eigenvalue weighted by Gasteiger charge is 2.36. The Morgan fingerprint density at radius 3 is 1.59 bits per heavy atom. The van der Waals surface area contributed by atoms with E-state index in [1.54, 1.807) is 0 Å². The zero-order valence-corrected chi connectivity index (χ0v) is 32.0. The molecule has 11 aromatic rings. The summed E-state index contributed by atoms with van der Waals surface area (Å²) in [7, 11) is 0. The molecule has 262 valence electrons. The normalized spacial score (nSPS) is 13.3. The third-order valence-electron chi connectivity index (χ3n) is 12.6. The lowest BCUT2D eigenvalue weighted by molar-refractivity contribution is 0.661. The molecule has 0 aliphatic heterocycles. The zero-order chi connectivity index (χ0) is 37.1. The van der Waals surface area contributed by atoms with Crippen LogP contribution in [-0.2, 0) is 5.41 Å². The Labute approximate surface area is 329 Å². The van der Waals surface area contributed by atoms with Crippen LogP contribution in [-0.4, -0.2) is 0 Å². The summed E-state index contributed by atoms with van der Waals surface area (Å²) in [4.78, 5) is 0. The summed E-state index contributed by atoms with van der Waals surface area (Å²) in [6.45, 7) is 4.78. The molecule has 0 bridgehead atoms. The van der Waals surface area contributed by atoms with Crippen LogP contribution in [0.4, 0.5) is 0 Å². The van der Waals surface area contributed by atoms with Crippen LogP contribution >= 0.6 is 11.3 Å². The van der Waals surface area contributed by atoms with Gasteiger partial charge in [0.1, 0.15) is 0 Å². The van der Waals surface area contributed by atoms with E-state index < -0.39 is 0 Å². The van der Waals surface area contributed by atoms with Crippen molar-refractivity contribution >= 4 is 74.6 Å². The average molecular weight is 729 g/mol. The van der Waals surface area contributed by atoms with Crippen LogP contribution in [0.5, 0.6) is 0 Å². The summed E-state index contributed by atoms with van der Waals surface area (Å²) in [5.41, 5.74) is 13.1. The second-order valence-electron chi connectivity index (χ2n) is 16.0. The minimum absolute atomic E-state index is 0.0735. The Bertz CT molecular complexity index is 3380. The van der Waals surface area contributed by atoms with E-state index >= 15 is 0 Å². The Balaban J connectivity index is 0.972. The third kappa shape index (κ3) is 4.53. The van der Waals surface area contributed by atoms with Crippen molar-refractivity contribution in [3.8, 4) is 44.5 Å². The molecule has 1 aromatic heterocycles. The van der Waals surface area contributed by atoms with Crippen molar-refractivity contribution in [2.75, 3.05) is 0 Å². The first-order chi connectivity index (χ1) is 27.5. The standard InChI is InChI=1S/C55H36S/c1-55(2)49-27-25-38(30-46(49)47-32-51-48(31-50(47)55)45-26-24-33-12-6-7-15-40(33)54(45)56-51)36-20-21-37-29-39(23-22-35(37)28-36)53-43-18-10-8-16-41(43)52(34-13-4-3-5-14-34)42-17-9-11-19-44(42)53/h3-32H,1-2H3. The van der Waals surface area contributed by atoms with Gasteiger partial charge in [0.05, 0.1) is 0 Å². The fraction of sp³-hybridized carbons (Fsp3) is 0.0545. The lowest BCUT2D eigenvalue weighted by Crippen LogP contribution is -2.14. The maximum atomic E-state index is 2.49. The molecule has 1 heterocycles. The van der Waals surface area contributed by atoms with Crippen LogP contribution in [0.2, 0.25) is 0 Å². The molecule has 0 spiro atoms. The fourth-order valence-corrected chi connectivity index (χ4v) is 11.1. The number of hydrogen-bond acceptors (Lipinski definition) is 1. The van der Waals surface area contributed by atoms with Crippen molar-refractivity contribution in [2.45, 2.75) is 19.3 Å². The quantitative estimate of drug-likeness (QED) is 0.159. The van der Waals surface area contributed by atoms with Gasteiger partial charge >= 0.3 is 0 Å². The van der Waals surface area contributed by atoms with Gasteiger partial charge in [0.25, 0.3) is 0 Å². The van der Waals surface area contributed by atoms with Gasteiger partial charge in [0.2, 0.25) is 0 Å². The number of hydrogen-bond donors (Lipinski definition) is 0. The molecule has 0 unspecified atom stereocenters. The summed E-state index contributed by atoms with van der Waals surface area (Å²) in [5.74, 6) is 0. The van der Waals surface area contributed by atoms with Crippen molar-refractivity contribution < 1.29 is 0 Å². The van der Waals surface area contributed by atoms with Crippen LogP contribution in [0, 0.1) is 0 Å². The highest BCUT2D eigenvalue weighted by Crippen LogP contribution is 2.53. The molecule has 1 aliphatic rings. The maximum Gasteiger partial charge on any atom is 0.0433 e. The van der Waals surface area contributed by atoms with Gasteiger partial charge in [-0.3, -0.25) is 0 Å². The van der Waals surface area contributed by atoms with Gasteiger partial charge < -0.3 is 0 Å². The summed E-state index contributed by atoms with van der Waals surface area (Å²) in [6.07, 6.45) is 0. The van der Waals surface area contributed by atoms with E-state index in [2.05, 4.69) is 196 Å². The van der Waals surface area contributed by atoms with Crippen LogP contribution in [0.1, 0.15) is 25.0 Å². The zero-order valence-electron chi connectivity index (χ0n) is 31.2. The van der Waals surface area contributed by atoms with E-state index in [0.29, 0.717) is 0 Å². The van der Waals surface area contributed by atoms with Gasteiger partial charge in [0.15, 0.2) is 0 Å². The monoisotopic (exact) mass is 728 g/mol. The van der Waals surface area contributed by atoms with E-state index in [1.807, 2.05) is 11.3 Å². The summed E-state index contributed by atoms with van der Waals surface area (Å²) >= 11 is 1.93. The molecule has 10 aromatic carbocycles. The number of rotatable bonds is 3. The van der Waals surface area contributed by atoms with E-state index in [-0.39, 0.29) is 5.41 Å². The van der Waals surface area contributed by atoms with Crippen molar-refractivity contribution in [3.05, 3.63) is 193 Å². The first-order valence-electron chi connectivity index (χ1n) is 19.6. The van der Waals surface area contributed by atoms with Gasteiger partial charge in [-0.15, -0.1) is 11.3 Å². The van der Waals surface area contributed by atoms with Gasteiger partial charge in [0, 0.05) is 25.6 Å². The average Bonchev–Trinajstić information content (AvgIpc) is 3.73. The van der Waals surface area contributed by atoms with E-state index in [1.165, 1.54) is 119 Å². The second kappa shape index (κ2) is 11.7. The minimum atomic E-state index is -0.0735. The molecular weight excluding hydrogens is 693 g/mol. The molecule has 0 nitrogen and oxygen atoms in total. The molecule has 0 atom stereocenters. The van der Waals surface area contributed by atoms with Crippen LogP contribution < -0.4 is 0 Å². The minimum Gasteiger partial charge on any atom is -0.135 e. The second-order valence-corrected chi connectivity index (χ2v) is 17.1. The lowest BCUT2D eigenvalue weighted by atomic mass is 9.81. The predicted octanol–water partition coefficient (Wildman–Crippen LogP) is 16.0. The molecule has 1 aliphatic carbocycles. The first-order valence-corrected chi connectivity index (χ1v) is 20.4. The topological polar surface area (TPSA) is 0 Å². The summed E-state index contributed by atoms with van der Waals surface area (Å²) in [6, 6.07) is 68.2. The highest BCUT2D eigenvalue weighted by molar-refractivity contribution is 7.26. The van der Waals surface area contributed by atoms with Crippen LogP contribution in [0.3, 0.4) is 0 Å². The first kappa shape index (κ1) is 31.8. The largest absolute Gasteiger partial charge is 0.135 e. The summed E-state index contributed by atoms with van der Waals surface area (Å²) < 4.78 is 2.75. The SMILES string of the molecule is CC1(C)c2ccc(-c3ccc4cc(-c5c6ccccc6c(-c6ccccc6)c6ccccc56)ccc4c3)cc2-c2cc3sc4c5ccccc5ccc4c3cc21. The van der Waals surface area contributed by atoms with Crippen LogP contribution in [0.15, 0.2) is 182 Å². The molecule has 0 saturated carbocycles. The van der Waals surface area contributed by atoms with Gasteiger partial charge in [-0.05, 0) is 129 Å². The lowest BCUT2D eigenvalue weighted by Gasteiger charge is -2.21. The number of benzene rings is 10. The smallest absolute Gasteiger partial charge is 0.0433 e. The Kier molecular flexibility index (Phi) is 6.66. The molecular formula is C55H36S. The van der Waals surface area contributed by atoms with E-state index in [9.17, 15) is 0 Å². The Morgan fingerprint density at radius 1 is 0.339 bits per heavy atom. The molecule has 0 N–H and O–H groups in total. The molecule has 56 heavy (non-hydrogen) atoms. The fourth-order valence-electron chi connectivity index (χ4n) is 9.86. The third-order valence-corrected chi connectivity index (χ3v) is 13.8. The number of fused-ring (bicyclic) bond motifs is 11. The van der Waals surface area contributed by atoms with Crippen molar-refractivity contribution in [2.24, 2.45) is 0 Å². The number of thiophene rings is 1. The molecule has 1 heteroatoms. The summed E-state index contributed by atoms with van der Waals surface area (Å²) in [5, 5.41) is 13.0. The molecule has 12 rings (SSSR count). The van der Waals surface area contributed by atoms with Crippen molar-refractivity contribution in [3.63, 3.8) is 0 Å². The Hall–Kier alpha value is -6.54. The Morgan fingerprint density at radius 2 is 0.875 bits per heavy atom.